The summed E-state index contributed by atoms with van der Waals surface area (Å²) in [5, 5.41) is 0. The van der Waals surface area contributed by atoms with Crippen LogP contribution in [0.15, 0.2) is 116 Å². The number of pyridine rings is 1. The molecule has 32 heavy (non-hydrogen) atoms. The molecule has 0 fully saturated rings. The van der Waals surface area contributed by atoms with E-state index >= 15 is 0 Å². The third kappa shape index (κ3) is 6.79. The van der Waals surface area contributed by atoms with Crippen LogP contribution in [0.2, 0.25) is 0 Å². The largest absolute Gasteiger partial charge is 1.00 e. The van der Waals surface area contributed by atoms with Crippen molar-refractivity contribution in [2.45, 2.75) is 19.6 Å². The van der Waals surface area contributed by atoms with E-state index in [1.807, 2.05) is 108 Å². The van der Waals surface area contributed by atoms with Crippen LogP contribution in [0.1, 0.15) is 16.7 Å². The molecule has 0 aliphatic rings. The SMILES string of the molecule is O=C(Oc1ccc[n+](Cc2ccccc2)c1)N(Cc1ccccc1)Cc1ccccc1.[Br-]. The number of carbonyl (C=O) groups is 1. The lowest BCUT2D eigenvalue weighted by Gasteiger charge is -2.22. The molecule has 162 valence electrons. The van der Waals surface area contributed by atoms with Crippen LogP contribution in [0.5, 0.6) is 5.75 Å². The number of hydrogen-bond donors (Lipinski definition) is 0. The molecule has 0 aliphatic carbocycles. The van der Waals surface area contributed by atoms with Gasteiger partial charge in [0.1, 0.15) is 0 Å². The molecule has 0 aliphatic heterocycles. The van der Waals surface area contributed by atoms with Crippen molar-refractivity contribution in [2.24, 2.45) is 0 Å². The van der Waals surface area contributed by atoms with E-state index in [4.69, 9.17) is 4.74 Å². The maximum atomic E-state index is 13.1. The van der Waals surface area contributed by atoms with Gasteiger partial charge < -0.3 is 21.7 Å². The fraction of sp³-hybridized carbons (Fsp3) is 0.111. The molecule has 5 heteroatoms. The Balaban J connectivity index is 0.00000289. The summed E-state index contributed by atoms with van der Waals surface area (Å²) in [7, 11) is 0. The van der Waals surface area contributed by atoms with Crippen molar-refractivity contribution < 1.29 is 31.1 Å². The first kappa shape index (κ1) is 23.2. The van der Waals surface area contributed by atoms with Gasteiger partial charge in [0.15, 0.2) is 18.5 Å². The number of aromatic nitrogens is 1. The Morgan fingerprint density at radius 2 is 1.19 bits per heavy atom. The summed E-state index contributed by atoms with van der Waals surface area (Å²) in [4.78, 5) is 14.8. The molecule has 0 saturated carbocycles. The van der Waals surface area contributed by atoms with Gasteiger partial charge in [-0.25, -0.2) is 4.79 Å². The van der Waals surface area contributed by atoms with E-state index in [9.17, 15) is 4.79 Å². The molecule has 1 amide bonds. The van der Waals surface area contributed by atoms with Crippen molar-refractivity contribution in [3.05, 3.63) is 132 Å². The van der Waals surface area contributed by atoms with Gasteiger partial charge in [0, 0.05) is 24.7 Å². The lowest BCUT2D eigenvalue weighted by molar-refractivity contribution is -0.688. The van der Waals surface area contributed by atoms with Crippen molar-refractivity contribution in [1.29, 1.82) is 0 Å². The number of benzene rings is 3. The number of hydrogen-bond acceptors (Lipinski definition) is 2. The zero-order chi connectivity index (χ0) is 21.3. The van der Waals surface area contributed by atoms with Gasteiger partial charge in [-0.15, -0.1) is 0 Å². The third-order valence-corrected chi connectivity index (χ3v) is 4.93. The van der Waals surface area contributed by atoms with Crippen LogP contribution < -0.4 is 26.3 Å². The average Bonchev–Trinajstić information content (AvgIpc) is 2.81. The van der Waals surface area contributed by atoms with Crippen molar-refractivity contribution in [3.63, 3.8) is 0 Å². The first-order chi connectivity index (χ1) is 15.3. The number of carbonyl (C=O) groups excluding carboxylic acids is 1. The quantitative estimate of drug-likeness (QED) is 0.373. The maximum Gasteiger partial charge on any atom is 0.416 e. The van der Waals surface area contributed by atoms with Gasteiger partial charge in [-0.3, -0.25) is 4.90 Å². The Kier molecular flexibility index (Phi) is 8.58. The molecular formula is C27H25BrN2O2. The van der Waals surface area contributed by atoms with Crippen LogP contribution in [0.25, 0.3) is 0 Å². The van der Waals surface area contributed by atoms with E-state index in [1.54, 1.807) is 4.90 Å². The van der Waals surface area contributed by atoms with E-state index in [0.717, 1.165) is 11.1 Å². The number of halogens is 1. The topological polar surface area (TPSA) is 33.4 Å². The molecule has 1 heterocycles. The lowest BCUT2D eigenvalue weighted by atomic mass is 10.2. The summed E-state index contributed by atoms with van der Waals surface area (Å²) in [6.45, 7) is 1.67. The third-order valence-electron chi connectivity index (χ3n) is 4.93. The molecule has 0 saturated heterocycles. The summed E-state index contributed by atoms with van der Waals surface area (Å²) >= 11 is 0. The highest BCUT2D eigenvalue weighted by molar-refractivity contribution is 5.70. The average molecular weight is 489 g/mol. The molecule has 4 rings (SSSR count). The molecule has 0 bridgehead atoms. The Morgan fingerprint density at radius 3 is 1.72 bits per heavy atom. The molecule has 4 nitrogen and oxygen atoms in total. The minimum atomic E-state index is -0.370. The Morgan fingerprint density at radius 1 is 0.688 bits per heavy atom. The number of ether oxygens (including phenoxy) is 1. The molecule has 0 unspecified atom stereocenters. The van der Waals surface area contributed by atoms with E-state index < -0.39 is 0 Å². The number of nitrogens with zero attached hydrogens (tertiary/aromatic N) is 2. The van der Waals surface area contributed by atoms with Crippen LogP contribution in [0, 0.1) is 0 Å². The molecule has 4 aromatic rings. The fourth-order valence-corrected chi connectivity index (χ4v) is 3.41. The van der Waals surface area contributed by atoms with E-state index in [1.165, 1.54) is 5.56 Å². The molecule has 0 N–H and O–H groups in total. The second-order valence-electron chi connectivity index (χ2n) is 7.39. The number of amides is 1. The zero-order valence-corrected chi connectivity index (χ0v) is 19.3. The predicted octanol–water partition coefficient (Wildman–Crippen LogP) is 2.23. The normalized spacial score (nSPS) is 10.1. The highest BCUT2D eigenvalue weighted by Crippen LogP contribution is 2.14. The van der Waals surface area contributed by atoms with Crippen molar-refractivity contribution in [1.82, 2.24) is 4.90 Å². The molecular weight excluding hydrogens is 464 g/mol. The van der Waals surface area contributed by atoms with E-state index in [2.05, 4.69) is 12.1 Å². The van der Waals surface area contributed by atoms with E-state index in [0.29, 0.717) is 25.4 Å². The molecule has 0 spiro atoms. The van der Waals surface area contributed by atoms with E-state index in [-0.39, 0.29) is 23.1 Å². The minimum Gasteiger partial charge on any atom is -1.00 e. The summed E-state index contributed by atoms with van der Waals surface area (Å²) in [5.74, 6) is 0.523. The Labute approximate surface area is 199 Å². The summed E-state index contributed by atoms with van der Waals surface area (Å²) in [6, 6.07) is 33.8. The summed E-state index contributed by atoms with van der Waals surface area (Å²) in [5.41, 5.74) is 3.30. The lowest BCUT2D eigenvalue weighted by Crippen LogP contribution is -3.00. The molecule has 1 aromatic heterocycles. The van der Waals surface area contributed by atoms with Crippen LogP contribution in [0.4, 0.5) is 4.79 Å². The monoisotopic (exact) mass is 488 g/mol. The van der Waals surface area contributed by atoms with Crippen LogP contribution >= 0.6 is 0 Å². The van der Waals surface area contributed by atoms with Gasteiger partial charge in [0.25, 0.3) is 0 Å². The van der Waals surface area contributed by atoms with Crippen molar-refractivity contribution in [2.75, 3.05) is 0 Å². The highest BCUT2D eigenvalue weighted by Gasteiger charge is 2.18. The van der Waals surface area contributed by atoms with Gasteiger partial charge in [0.2, 0.25) is 6.20 Å². The van der Waals surface area contributed by atoms with Crippen LogP contribution in [0.3, 0.4) is 0 Å². The first-order valence-corrected chi connectivity index (χ1v) is 10.3. The van der Waals surface area contributed by atoms with Gasteiger partial charge >= 0.3 is 6.09 Å². The summed E-state index contributed by atoms with van der Waals surface area (Å²) in [6.07, 6.45) is 3.45. The van der Waals surface area contributed by atoms with Gasteiger partial charge in [0.05, 0.1) is 0 Å². The maximum absolute atomic E-state index is 13.1. The van der Waals surface area contributed by atoms with Gasteiger partial charge in [-0.1, -0.05) is 91.0 Å². The second kappa shape index (κ2) is 11.8. The smallest absolute Gasteiger partial charge is 0.416 e. The van der Waals surface area contributed by atoms with Crippen LogP contribution in [-0.2, 0) is 19.6 Å². The van der Waals surface area contributed by atoms with Gasteiger partial charge in [-0.2, -0.15) is 4.57 Å². The fourth-order valence-electron chi connectivity index (χ4n) is 3.41. The van der Waals surface area contributed by atoms with Gasteiger partial charge in [-0.05, 0) is 17.2 Å². The minimum absolute atomic E-state index is 0. The molecule has 0 atom stereocenters. The standard InChI is InChI=1S/C27H25N2O2.BrH/c30-27(31-26-17-10-18-28(22-26)19-23-11-4-1-5-12-23)29(20-24-13-6-2-7-14-24)21-25-15-8-3-9-16-25;/h1-18,22H,19-21H2;1H/q+1;/p-1. The van der Waals surface area contributed by atoms with Crippen molar-refractivity contribution >= 4 is 6.09 Å². The highest BCUT2D eigenvalue weighted by atomic mass is 79.9. The van der Waals surface area contributed by atoms with Crippen LogP contribution in [-0.4, -0.2) is 11.0 Å². The Hall–Kier alpha value is -3.44. The predicted molar refractivity (Wildman–Crippen MR) is 120 cm³/mol. The Bertz CT molecular complexity index is 1060. The number of rotatable bonds is 7. The molecule has 0 radical (unpaired) electrons. The summed E-state index contributed by atoms with van der Waals surface area (Å²) < 4.78 is 7.78. The molecule has 3 aromatic carbocycles. The zero-order valence-electron chi connectivity index (χ0n) is 17.7. The first-order valence-electron chi connectivity index (χ1n) is 10.3. The van der Waals surface area contributed by atoms with Crippen molar-refractivity contribution in [3.8, 4) is 5.75 Å². The second-order valence-corrected chi connectivity index (χ2v) is 7.39.